The molecule has 4 rings (SSSR count). The zero-order chi connectivity index (χ0) is 17.4. The van der Waals surface area contributed by atoms with E-state index in [4.69, 9.17) is 0 Å². The SMILES string of the molecule is Fc1ccc(-c2nc(N[C@@H]3CCNC3)nc3cc(F)ccc23)c(F)c1. The number of hydrogen-bond donors (Lipinski definition) is 2. The fourth-order valence-electron chi connectivity index (χ4n) is 3.01. The molecular weight excluding hydrogens is 329 g/mol. The summed E-state index contributed by atoms with van der Waals surface area (Å²) in [5.74, 6) is -1.53. The topological polar surface area (TPSA) is 49.8 Å². The summed E-state index contributed by atoms with van der Waals surface area (Å²) in [6.07, 6.45) is 0.908. The van der Waals surface area contributed by atoms with E-state index in [2.05, 4.69) is 20.6 Å². The average molecular weight is 344 g/mol. The van der Waals surface area contributed by atoms with Crippen molar-refractivity contribution in [2.24, 2.45) is 0 Å². The molecule has 1 aromatic heterocycles. The maximum absolute atomic E-state index is 14.3. The predicted molar refractivity (Wildman–Crippen MR) is 89.7 cm³/mol. The Labute approximate surface area is 142 Å². The molecule has 1 saturated heterocycles. The lowest BCUT2D eigenvalue weighted by molar-refractivity contribution is 0.585. The monoisotopic (exact) mass is 344 g/mol. The smallest absolute Gasteiger partial charge is 0.224 e. The molecule has 25 heavy (non-hydrogen) atoms. The highest BCUT2D eigenvalue weighted by Gasteiger charge is 2.18. The highest BCUT2D eigenvalue weighted by molar-refractivity contribution is 5.93. The van der Waals surface area contributed by atoms with Gasteiger partial charge in [0, 0.05) is 35.7 Å². The second-order valence-corrected chi connectivity index (χ2v) is 6.02. The zero-order valence-corrected chi connectivity index (χ0v) is 13.2. The van der Waals surface area contributed by atoms with Gasteiger partial charge in [0.15, 0.2) is 0 Å². The second-order valence-electron chi connectivity index (χ2n) is 6.02. The number of rotatable bonds is 3. The van der Waals surface area contributed by atoms with Crippen LogP contribution in [0.1, 0.15) is 6.42 Å². The van der Waals surface area contributed by atoms with Crippen molar-refractivity contribution >= 4 is 16.9 Å². The molecule has 0 unspecified atom stereocenters. The van der Waals surface area contributed by atoms with Crippen LogP contribution >= 0.6 is 0 Å². The van der Waals surface area contributed by atoms with Gasteiger partial charge in [0.25, 0.3) is 0 Å². The summed E-state index contributed by atoms with van der Waals surface area (Å²) in [4.78, 5) is 8.77. The minimum absolute atomic E-state index is 0.146. The third kappa shape index (κ3) is 3.15. The summed E-state index contributed by atoms with van der Waals surface area (Å²) in [5.41, 5.74) is 0.811. The van der Waals surface area contributed by atoms with Gasteiger partial charge in [-0.2, -0.15) is 0 Å². The predicted octanol–water partition coefficient (Wildman–Crippen LogP) is 3.49. The first-order valence-corrected chi connectivity index (χ1v) is 8.00. The van der Waals surface area contributed by atoms with Crippen LogP contribution in [0, 0.1) is 17.5 Å². The van der Waals surface area contributed by atoms with E-state index in [0.717, 1.165) is 25.6 Å². The Morgan fingerprint density at radius 1 is 1.00 bits per heavy atom. The van der Waals surface area contributed by atoms with E-state index in [1.54, 1.807) is 0 Å². The zero-order valence-electron chi connectivity index (χ0n) is 13.2. The van der Waals surface area contributed by atoms with E-state index in [-0.39, 0.29) is 11.6 Å². The summed E-state index contributed by atoms with van der Waals surface area (Å²) in [6.45, 7) is 1.66. The Morgan fingerprint density at radius 3 is 2.56 bits per heavy atom. The van der Waals surface area contributed by atoms with Crippen LogP contribution in [0.2, 0.25) is 0 Å². The Morgan fingerprint density at radius 2 is 1.80 bits per heavy atom. The highest BCUT2D eigenvalue weighted by Crippen LogP contribution is 2.30. The van der Waals surface area contributed by atoms with Crippen LogP contribution in [-0.2, 0) is 0 Å². The fourth-order valence-corrected chi connectivity index (χ4v) is 3.01. The van der Waals surface area contributed by atoms with Crippen molar-refractivity contribution < 1.29 is 13.2 Å². The second kappa shape index (κ2) is 6.33. The normalized spacial score (nSPS) is 17.2. The third-order valence-corrected chi connectivity index (χ3v) is 4.24. The minimum atomic E-state index is -0.724. The number of halogens is 3. The number of nitrogens with zero attached hydrogens (tertiary/aromatic N) is 2. The molecule has 0 saturated carbocycles. The van der Waals surface area contributed by atoms with Gasteiger partial charge in [0.2, 0.25) is 5.95 Å². The molecule has 2 N–H and O–H groups in total. The molecular formula is C18H15F3N4. The molecule has 1 aliphatic heterocycles. The van der Waals surface area contributed by atoms with Crippen molar-refractivity contribution in [2.45, 2.75) is 12.5 Å². The van der Waals surface area contributed by atoms with Crippen molar-refractivity contribution in [1.29, 1.82) is 0 Å². The maximum atomic E-state index is 14.3. The molecule has 7 heteroatoms. The average Bonchev–Trinajstić information content (AvgIpc) is 3.07. The maximum Gasteiger partial charge on any atom is 0.224 e. The van der Waals surface area contributed by atoms with Crippen LogP contribution in [0.15, 0.2) is 36.4 Å². The lowest BCUT2D eigenvalue weighted by Gasteiger charge is -2.14. The largest absolute Gasteiger partial charge is 0.350 e. The first kappa shape index (κ1) is 15.8. The molecule has 0 bridgehead atoms. The van der Waals surface area contributed by atoms with Crippen molar-refractivity contribution in [3.8, 4) is 11.3 Å². The molecule has 128 valence electrons. The van der Waals surface area contributed by atoms with E-state index >= 15 is 0 Å². The molecule has 2 aromatic carbocycles. The summed E-state index contributed by atoms with van der Waals surface area (Å²) >= 11 is 0. The Hall–Kier alpha value is -2.67. The molecule has 0 spiro atoms. The van der Waals surface area contributed by atoms with Crippen LogP contribution in [0.5, 0.6) is 0 Å². The van der Waals surface area contributed by atoms with E-state index in [9.17, 15) is 13.2 Å². The minimum Gasteiger partial charge on any atom is -0.350 e. The molecule has 2 heterocycles. The van der Waals surface area contributed by atoms with Gasteiger partial charge in [-0.25, -0.2) is 23.1 Å². The van der Waals surface area contributed by atoms with Crippen molar-refractivity contribution in [3.63, 3.8) is 0 Å². The molecule has 0 radical (unpaired) electrons. The van der Waals surface area contributed by atoms with Gasteiger partial charge in [0.1, 0.15) is 17.5 Å². The van der Waals surface area contributed by atoms with Gasteiger partial charge in [-0.15, -0.1) is 0 Å². The van der Waals surface area contributed by atoms with Crippen molar-refractivity contribution in [2.75, 3.05) is 18.4 Å². The van der Waals surface area contributed by atoms with Crippen LogP contribution in [0.4, 0.5) is 19.1 Å². The van der Waals surface area contributed by atoms with Crippen LogP contribution in [0.25, 0.3) is 22.2 Å². The summed E-state index contributed by atoms with van der Waals surface area (Å²) in [5, 5.41) is 6.91. The van der Waals surface area contributed by atoms with E-state index in [1.807, 2.05) is 0 Å². The highest BCUT2D eigenvalue weighted by atomic mass is 19.1. The first-order valence-electron chi connectivity index (χ1n) is 8.00. The third-order valence-electron chi connectivity index (χ3n) is 4.24. The van der Waals surface area contributed by atoms with Gasteiger partial charge >= 0.3 is 0 Å². The van der Waals surface area contributed by atoms with Gasteiger partial charge in [-0.3, -0.25) is 0 Å². The summed E-state index contributed by atoms with van der Waals surface area (Å²) < 4.78 is 41.1. The summed E-state index contributed by atoms with van der Waals surface area (Å²) in [7, 11) is 0. The van der Waals surface area contributed by atoms with E-state index in [1.165, 1.54) is 30.3 Å². The summed E-state index contributed by atoms with van der Waals surface area (Å²) in [6, 6.07) is 7.51. The Kier molecular flexibility index (Phi) is 4.01. The van der Waals surface area contributed by atoms with Gasteiger partial charge < -0.3 is 10.6 Å². The lowest BCUT2D eigenvalue weighted by Crippen LogP contribution is -2.23. The molecule has 3 aromatic rings. The number of fused-ring (bicyclic) bond motifs is 1. The number of anilines is 1. The number of nitrogens with one attached hydrogen (secondary N) is 2. The molecule has 1 fully saturated rings. The fraction of sp³-hybridized carbons (Fsp3) is 0.222. The standard InChI is InChI=1S/C18H15F3N4/c19-10-1-3-13(15(21)7-10)17-14-4-2-11(20)8-16(14)24-18(25-17)23-12-5-6-22-9-12/h1-4,7-8,12,22H,5-6,9H2,(H,23,24,25)/t12-/m1/s1. The number of hydrogen-bond acceptors (Lipinski definition) is 4. The molecule has 4 nitrogen and oxygen atoms in total. The first-order chi connectivity index (χ1) is 12.1. The van der Waals surface area contributed by atoms with Gasteiger partial charge in [0.05, 0.1) is 11.2 Å². The van der Waals surface area contributed by atoms with Crippen molar-refractivity contribution in [3.05, 3.63) is 53.8 Å². The van der Waals surface area contributed by atoms with E-state index < -0.39 is 17.5 Å². The van der Waals surface area contributed by atoms with Gasteiger partial charge in [-0.05, 0) is 37.2 Å². The molecule has 0 aliphatic carbocycles. The van der Waals surface area contributed by atoms with Crippen LogP contribution in [0.3, 0.4) is 0 Å². The van der Waals surface area contributed by atoms with E-state index in [0.29, 0.717) is 22.5 Å². The molecule has 0 amide bonds. The number of aromatic nitrogens is 2. The van der Waals surface area contributed by atoms with Crippen LogP contribution < -0.4 is 10.6 Å². The Bertz CT molecular complexity index is 939. The lowest BCUT2D eigenvalue weighted by atomic mass is 10.1. The van der Waals surface area contributed by atoms with Crippen LogP contribution in [-0.4, -0.2) is 29.1 Å². The molecule has 1 aliphatic rings. The number of benzene rings is 2. The molecule has 1 atom stereocenters. The van der Waals surface area contributed by atoms with Crippen molar-refractivity contribution in [1.82, 2.24) is 15.3 Å². The van der Waals surface area contributed by atoms with Gasteiger partial charge in [-0.1, -0.05) is 0 Å². The quantitative estimate of drug-likeness (QED) is 0.764. The Balaban J connectivity index is 1.87.